The second-order valence-electron chi connectivity index (χ2n) is 2.38. The van der Waals surface area contributed by atoms with Gasteiger partial charge in [0.2, 0.25) is 0 Å². The molecule has 0 atom stereocenters. The number of hydrogen-bond acceptors (Lipinski definition) is 5. The van der Waals surface area contributed by atoms with Crippen molar-refractivity contribution >= 4 is 11.9 Å². The molecule has 0 fully saturated rings. The maximum Gasteiger partial charge on any atom is 0.328 e. The van der Waals surface area contributed by atoms with Gasteiger partial charge < -0.3 is 15.9 Å². The molecule has 0 saturated heterocycles. The van der Waals surface area contributed by atoms with Crippen molar-refractivity contribution in [3.05, 3.63) is 36.4 Å². The predicted molar refractivity (Wildman–Crippen MR) is 54.3 cm³/mol. The first kappa shape index (κ1) is 13.7. The van der Waals surface area contributed by atoms with Crippen LogP contribution in [-0.2, 0) is 16.1 Å². The smallest absolute Gasteiger partial charge is 0.328 e. The van der Waals surface area contributed by atoms with Crippen LogP contribution in [0.25, 0.3) is 0 Å². The molecular formula is C9H11N3O4. The molecule has 4 N–H and O–H groups in total. The zero-order valence-corrected chi connectivity index (χ0v) is 8.28. The molecule has 0 unspecified atom stereocenters. The second-order valence-corrected chi connectivity index (χ2v) is 2.38. The SMILES string of the molecule is NCc1ncccn1.O=C(O)/C=C\C(=O)O. The fourth-order valence-corrected chi connectivity index (χ4v) is 0.578. The molecule has 1 aromatic rings. The Morgan fingerprint density at radius 2 is 1.62 bits per heavy atom. The van der Waals surface area contributed by atoms with Gasteiger partial charge in [-0.05, 0) is 6.07 Å². The normalized spacial score (nSPS) is 9.31. The topological polar surface area (TPSA) is 126 Å². The molecule has 16 heavy (non-hydrogen) atoms. The largest absolute Gasteiger partial charge is 0.478 e. The lowest BCUT2D eigenvalue weighted by Gasteiger charge is -1.88. The van der Waals surface area contributed by atoms with Gasteiger partial charge in [-0.15, -0.1) is 0 Å². The highest BCUT2D eigenvalue weighted by Crippen LogP contribution is 1.81. The minimum Gasteiger partial charge on any atom is -0.478 e. The molecule has 1 rings (SSSR count). The molecule has 7 nitrogen and oxygen atoms in total. The van der Waals surface area contributed by atoms with E-state index in [-0.39, 0.29) is 0 Å². The van der Waals surface area contributed by atoms with Crippen LogP contribution in [0.5, 0.6) is 0 Å². The summed E-state index contributed by atoms with van der Waals surface area (Å²) in [5.74, 6) is -1.83. The van der Waals surface area contributed by atoms with Crippen LogP contribution >= 0.6 is 0 Å². The molecule has 1 aromatic heterocycles. The molecule has 7 heteroatoms. The number of aromatic nitrogens is 2. The van der Waals surface area contributed by atoms with Crippen molar-refractivity contribution in [3.63, 3.8) is 0 Å². The van der Waals surface area contributed by atoms with Crippen molar-refractivity contribution in [1.29, 1.82) is 0 Å². The lowest BCUT2D eigenvalue weighted by molar-refractivity contribution is -0.134. The summed E-state index contributed by atoms with van der Waals surface area (Å²) in [7, 11) is 0. The highest BCUT2D eigenvalue weighted by atomic mass is 16.4. The van der Waals surface area contributed by atoms with Crippen molar-refractivity contribution in [2.75, 3.05) is 0 Å². The molecule has 0 aliphatic carbocycles. The van der Waals surface area contributed by atoms with E-state index in [0.29, 0.717) is 24.5 Å². The van der Waals surface area contributed by atoms with Gasteiger partial charge in [-0.1, -0.05) is 0 Å². The molecule has 1 heterocycles. The Morgan fingerprint density at radius 1 is 1.19 bits per heavy atom. The molecule has 86 valence electrons. The van der Waals surface area contributed by atoms with E-state index in [2.05, 4.69) is 9.97 Å². The zero-order chi connectivity index (χ0) is 12.4. The number of aliphatic carboxylic acids is 2. The molecule has 0 amide bonds. The van der Waals surface area contributed by atoms with E-state index in [9.17, 15) is 9.59 Å². The highest BCUT2D eigenvalue weighted by molar-refractivity contribution is 5.89. The van der Waals surface area contributed by atoms with E-state index >= 15 is 0 Å². The minimum atomic E-state index is -1.26. The molecule has 0 spiro atoms. The molecule has 0 saturated carbocycles. The number of nitrogens with zero attached hydrogens (tertiary/aromatic N) is 2. The first-order valence-electron chi connectivity index (χ1n) is 4.16. The van der Waals surface area contributed by atoms with E-state index in [1.165, 1.54) is 0 Å². The standard InChI is InChI=1S/C5H7N3.C4H4O4/c6-4-5-7-2-1-3-8-5;5-3(6)1-2-4(7)8/h1-3H,4,6H2;1-2H,(H,5,6)(H,7,8)/b;2-1-. The summed E-state index contributed by atoms with van der Waals surface area (Å²) in [5, 5.41) is 15.6. The summed E-state index contributed by atoms with van der Waals surface area (Å²) in [4.78, 5) is 26.8. The lowest BCUT2D eigenvalue weighted by atomic mass is 10.5. The van der Waals surface area contributed by atoms with Crippen LogP contribution in [0.3, 0.4) is 0 Å². The van der Waals surface area contributed by atoms with E-state index in [1.54, 1.807) is 18.5 Å². The maximum atomic E-state index is 9.55. The van der Waals surface area contributed by atoms with Crippen LogP contribution in [-0.4, -0.2) is 32.1 Å². The fourth-order valence-electron chi connectivity index (χ4n) is 0.578. The summed E-state index contributed by atoms with van der Waals surface area (Å²) in [6, 6.07) is 1.76. The number of rotatable bonds is 3. The Morgan fingerprint density at radius 3 is 1.88 bits per heavy atom. The van der Waals surface area contributed by atoms with Gasteiger partial charge in [-0.2, -0.15) is 0 Å². The number of carboxylic acids is 2. The summed E-state index contributed by atoms with van der Waals surface area (Å²) in [6.45, 7) is 0.418. The van der Waals surface area contributed by atoms with Gasteiger partial charge in [0.15, 0.2) is 0 Å². The second kappa shape index (κ2) is 8.06. The summed E-state index contributed by atoms with van der Waals surface area (Å²) >= 11 is 0. The number of nitrogens with two attached hydrogens (primary N) is 1. The van der Waals surface area contributed by atoms with Crippen LogP contribution in [0.2, 0.25) is 0 Å². The Hall–Kier alpha value is -2.28. The number of carbonyl (C=O) groups is 2. The first-order valence-corrected chi connectivity index (χ1v) is 4.16. The van der Waals surface area contributed by atoms with E-state index < -0.39 is 11.9 Å². The molecule has 0 bridgehead atoms. The van der Waals surface area contributed by atoms with E-state index in [4.69, 9.17) is 15.9 Å². The fraction of sp³-hybridized carbons (Fsp3) is 0.111. The summed E-state index contributed by atoms with van der Waals surface area (Å²) in [6.07, 6.45) is 4.47. The third kappa shape index (κ3) is 8.32. The number of hydrogen-bond donors (Lipinski definition) is 3. The first-order chi connectivity index (χ1) is 7.56. The predicted octanol–water partition coefficient (Wildman–Crippen LogP) is -0.353. The summed E-state index contributed by atoms with van der Waals surface area (Å²) in [5.41, 5.74) is 5.22. The quantitative estimate of drug-likeness (QED) is 0.600. The molecule has 0 aliphatic rings. The van der Waals surface area contributed by atoms with Crippen LogP contribution < -0.4 is 5.73 Å². The van der Waals surface area contributed by atoms with E-state index in [0.717, 1.165) is 0 Å². The number of carboxylic acid groups (broad SMARTS) is 2. The minimum absolute atomic E-state index is 0.418. The van der Waals surface area contributed by atoms with E-state index in [1.807, 2.05) is 0 Å². The van der Waals surface area contributed by atoms with Crippen molar-refractivity contribution in [2.45, 2.75) is 6.54 Å². The Bertz CT molecular complexity index is 348. The molecule has 0 aliphatic heterocycles. The van der Waals surface area contributed by atoms with Crippen molar-refractivity contribution in [1.82, 2.24) is 9.97 Å². The Balaban J connectivity index is 0.000000281. The Kier molecular flexibility index (Phi) is 6.91. The van der Waals surface area contributed by atoms with Gasteiger partial charge >= 0.3 is 11.9 Å². The van der Waals surface area contributed by atoms with Gasteiger partial charge in [0.05, 0.1) is 6.54 Å². The molecular weight excluding hydrogens is 214 g/mol. The maximum absolute atomic E-state index is 9.55. The summed E-state index contributed by atoms with van der Waals surface area (Å²) < 4.78 is 0. The third-order valence-electron chi connectivity index (χ3n) is 1.17. The van der Waals surface area contributed by atoms with Gasteiger partial charge in [0.25, 0.3) is 0 Å². The molecule has 0 radical (unpaired) electrons. The third-order valence-corrected chi connectivity index (χ3v) is 1.17. The molecule has 0 aromatic carbocycles. The van der Waals surface area contributed by atoms with Crippen LogP contribution in [0.1, 0.15) is 5.82 Å². The van der Waals surface area contributed by atoms with Gasteiger partial charge in [-0.25, -0.2) is 19.6 Å². The van der Waals surface area contributed by atoms with Gasteiger partial charge in [0, 0.05) is 24.5 Å². The van der Waals surface area contributed by atoms with Crippen LogP contribution in [0.15, 0.2) is 30.6 Å². The van der Waals surface area contributed by atoms with Crippen LogP contribution in [0, 0.1) is 0 Å². The monoisotopic (exact) mass is 225 g/mol. The zero-order valence-electron chi connectivity index (χ0n) is 8.28. The lowest BCUT2D eigenvalue weighted by Crippen LogP contribution is -2.00. The average Bonchev–Trinajstić information content (AvgIpc) is 2.28. The van der Waals surface area contributed by atoms with Crippen molar-refractivity contribution < 1.29 is 19.8 Å². The van der Waals surface area contributed by atoms with Crippen molar-refractivity contribution in [2.24, 2.45) is 5.73 Å². The van der Waals surface area contributed by atoms with Crippen LogP contribution in [0.4, 0.5) is 0 Å². The highest BCUT2D eigenvalue weighted by Gasteiger charge is 1.88. The van der Waals surface area contributed by atoms with Gasteiger partial charge in [0.1, 0.15) is 5.82 Å². The van der Waals surface area contributed by atoms with Crippen molar-refractivity contribution in [3.8, 4) is 0 Å². The van der Waals surface area contributed by atoms with Gasteiger partial charge in [-0.3, -0.25) is 0 Å². The average molecular weight is 225 g/mol. The Labute approximate surface area is 91.3 Å².